The van der Waals surface area contributed by atoms with Crippen molar-refractivity contribution in [1.82, 2.24) is 10.3 Å². The maximum atomic E-state index is 14.2. The molecule has 200 valence electrons. The molecule has 0 fully saturated rings. The van der Waals surface area contributed by atoms with Crippen LogP contribution in [0.15, 0.2) is 97.2 Å². The van der Waals surface area contributed by atoms with Gasteiger partial charge in [0.15, 0.2) is 0 Å². The van der Waals surface area contributed by atoms with Gasteiger partial charge in [-0.2, -0.15) is 0 Å². The molecule has 5 aromatic rings. The minimum Gasteiger partial charge on any atom is -0.366 e. The summed E-state index contributed by atoms with van der Waals surface area (Å²) in [5, 5.41) is 4.84. The van der Waals surface area contributed by atoms with E-state index >= 15 is 0 Å². The number of carbonyl (C=O) groups is 2. The van der Waals surface area contributed by atoms with Crippen LogP contribution >= 0.6 is 0 Å². The van der Waals surface area contributed by atoms with Crippen molar-refractivity contribution in [2.45, 2.75) is 18.9 Å². The van der Waals surface area contributed by atoms with E-state index in [0.717, 1.165) is 40.6 Å². The summed E-state index contributed by atoms with van der Waals surface area (Å²) in [5.74, 6) is -3.58. The van der Waals surface area contributed by atoms with E-state index in [4.69, 9.17) is 5.73 Å². The molecule has 0 aliphatic heterocycles. The van der Waals surface area contributed by atoms with Crippen LogP contribution in [0.4, 0.5) is 13.2 Å². The highest BCUT2D eigenvalue weighted by molar-refractivity contribution is 5.94. The van der Waals surface area contributed by atoms with E-state index in [9.17, 15) is 22.8 Å². The summed E-state index contributed by atoms with van der Waals surface area (Å²) in [6.45, 7) is 0. The number of halogens is 3. The van der Waals surface area contributed by atoms with Gasteiger partial charge >= 0.3 is 0 Å². The molecule has 0 aliphatic rings. The number of carbonyl (C=O) groups excluding carboxylic acids is 2. The molecular weight excluding hydrogens is 515 g/mol. The first-order valence-electron chi connectivity index (χ1n) is 12.5. The lowest BCUT2D eigenvalue weighted by molar-refractivity contribution is -0.121. The van der Waals surface area contributed by atoms with Gasteiger partial charge in [0.25, 0.3) is 5.91 Å². The Kier molecular flexibility index (Phi) is 7.59. The number of nitrogens with one attached hydrogen (secondary N) is 1. The van der Waals surface area contributed by atoms with E-state index in [1.165, 1.54) is 12.1 Å². The predicted octanol–water partition coefficient (Wildman–Crippen LogP) is 6.06. The van der Waals surface area contributed by atoms with Gasteiger partial charge in [-0.25, -0.2) is 13.2 Å². The number of nitrogens with two attached hydrogens (primary N) is 1. The summed E-state index contributed by atoms with van der Waals surface area (Å²) in [4.78, 5) is 29.5. The molecule has 2 amide bonds. The number of primary amides is 1. The van der Waals surface area contributed by atoms with Gasteiger partial charge in [0.05, 0.1) is 23.7 Å². The third-order valence-electron chi connectivity index (χ3n) is 6.68. The van der Waals surface area contributed by atoms with Crippen molar-refractivity contribution in [2.75, 3.05) is 0 Å². The molecule has 0 spiro atoms. The standard InChI is InChI=1S/C32H24F3N3O2/c33-23-13-22(14-24(34)17-23)29(38-31(39)16-20-7-3-6-19-5-1-2-8-25(19)20)18-30-26(9-4-12-37-30)21-10-11-28(35)27(15-21)32(36)40/h1-15,17,29H,16,18H2,(H2,36,40)(H,38,39). The van der Waals surface area contributed by atoms with Gasteiger partial charge in [-0.3, -0.25) is 14.6 Å². The number of aromatic nitrogens is 1. The Morgan fingerprint density at radius 3 is 2.38 bits per heavy atom. The minimum absolute atomic E-state index is 0.0463. The van der Waals surface area contributed by atoms with Crippen molar-refractivity contribution < 1.29 is 22.8 Å². The zero-order valence-corrected chi connectivity index (χ0v) is 21.2. The lowest BCUT2D eigenvalue weighted by atomic mass is 9.94. The Balaban J connectivity index is 1.49. The minimum atomic E-state index is -0.918. The first kappa shape index (κ1) is 26.6. The smallest absolute Gasteiger partial charge is 0.251 e. The van der Waals surface area contributed by atoms with Crippen LogP contribution in [-0.4, -0.2) is 16.8 Å². The fraction of sp³-hybridized carbons (Fsp3) is 0.0938. The van der Waals surface area contributed by atoms with Crippen LogP contribution < -0.4 is 11.1 Å². The van der Waals surface area contributed by atoms with Crippen LogP contribution in [-0.2, 0) is 17.6 Å². The van der Waals surface area contributed by atoms with E-state index in [-0.39, 0.29) is 29.9 Å². The molecule has 0 bridgehead atoms. The molecule has 0 aliphatic carbocycles. The fourth-order valence-corrected chi connectivity index (χ4v) is 4.83. The van der Waals surface area contributed by atoms with Gasteiger partial charge in [-0.15, -0.1) is 0 Å². The molecule has 1 atom stereocenters. The second-order valence-electron chi connectivity index (χ2n) is 9.40. The van der Waals surface area contributed by atoms with Crippen molar-refractivity contribution in [3.8, 4) is 11.1 Å². The summed E-state index contributed by atoms with van der Waals surface area (Å²) >= 11 is 0. The number of benzene rings is 4. The van der Waals surface area contributed by atoms with Gasteiger partial charge in [0.1, 0.15) is 17.5 Å². The molecule has 4 aromatic carbocycles. The highest BCUT2D eigenvalue weighted by Crippen LogP contribution is 2.29. The van der Waals surface area contributed by atoms with E-state index in [0.29, 0.717) is 16.8 Å². The maximum Gasteiger partial charge on any atom is 0.251 e. The van der Waals surface area contributed by atoms with E-state index < -0.39 is 29.4 Å². The third kappa shape index (κ3) is 5.86. The highest BCUT2D eigenvalue weighted by atomic mass is 19.1. The molecule has 0 radical (unpaired) electrons. The third-order valence-corrected chi connectivity index (χ3v) is 6.68. The predicted molar refractivity (Wildman–Crippen MR) is 147 cm³/mol. The van der Waals surface area contributed by atoms with Crippen LogP contribution in [0.1, 0.15) is 33.2 Å². The quantitative estimate of drug-likeness (QED) is 0.251. The number of rotatable bonds is 8. The van der Waals surface area contributed by atoms with Gasteiger partial charge in [-0.1, -0.05) is 54.6 Å². The molecule has 1 heterocycles. The number of hydrogen-bond donors (Lipinski definition) is 2. The average Bonchev–Trinajstić information content (AvgIpc) is 2.93. The number of nitrogens with zero attached hydrogens (tertiary/aromatic N) is 1. The van der Waals surface area contributed by atoms with E-state index in [1.807, 2.05) is 42.5 Å². The van der Waals surface area contributed by atoms with Crippen LogP contribution in [0.25, 0.3) is 21.9 Å². The van der Waals surface area contributed by atoms with Gasteiger partial charge in [-0.05, 0) is 57.8 Å². The van der Waals surface area contributed by atoms with Crippen LogP contribution in [0.3, 0.4) is 0 Å². The van der Waals surface area contributed by atoms with Crippen molar-refractivity contribution in [1.29, 1.82) is 0 Å². The molecule has 3 N–H and O–H groups in total. The summed E-state index contributed by atoms with van der Waals surface area (Å²) in [6, 6.07) is 23.0. The molecule has 0 saturated carbocycles. The largest absolute Gasteiger partial charge is 0.366 e. The second kappa shape index (κ2) is 11.4. The first-order chi connectivity index (χ1) is 19.3. The van der Waals surface area contributed by atoms with Gasteiger partial charge in [0.2, 0.25) is 5.91 Å². The number of hydrogen-bond acceptors (Lipinski definition) is 3. The van der Waals surface area contributed by atoms with Crippen LogP contribution in [0.5, 0.6) is 0 Å². The lowest BCUT2D eigenvalue weighted by Crippen LogP contribution is -2.31. The van der Waals surface area contributed by atoms with Crippen LogP contribution in [0, 0.1) is 17.5 Å². The summed E-state index contributed by atoms with van der Waals surface area (Å²) < 4.78 is 42.6. The van der Waals surface area contributed by atoms with Gasteiger partial charge in [0, 0.05) is 24.2 Å². The Bertz CT molecular complexity index is 1710. The molecule has 8 heteroatoms. The Labute approximate surface area is 228 Å². The van der Waals surface area contributed by atoms with Crippen molar-refractivity contribution in [3.63, 3.8) is 0 Å². The fourth-order valence-electron chi connectivity index (χ4n) is 4.83. The van der Waals surface area contributed by atoms with E-state index in [1.54, 1.807) is 18.3 Å². The van der Waals surface area contributed by atoms with Gasteiger partial charge < -0.3 is 11.1 Å². The Morgan fingerprint density at radius 2 is 1.60 bits per heavy atom. The summed E-state index contributed by atoms with van der Waals surface area (Å²) in [7, 11) is 0. The SMILES string of the molecule is NC(=O)c1cc(-c2cccnc2CC(NC(=O)Cc2cccc3ccccc23)c2cc(F)cc(F)c2)ccc1F. The Morgan fingerprint density at radius 1 is 0.850 bits per heavy atom. The maximum absolute atomic E-state index is 14.2. The van der Waals surface area contributed by atoms with Crippen molar-refractivity contribution >= 4 is 22.6 Å². The Hall–Kier alpha value is -4.98. The highest BCUT2D eigenvalue weighted by Gasteiger charge is 2.21. The van der Waals surface area contributed by atoms with E-state index in [2.05, 4.69) is 10.3 Å². The van der Waals surface area contributed by atoms with Crippen LogP contribution in [0.2, 0.25) is 0 Å². The molecule has 5 rings (SSSR count). The summed E-state index contributed by atoms with van der Waals surface area (Å²) in [6.07, 6.45) is 1.65. The molecule has 5 nitrogen and oxygen atoms in total. The zero-order chi connectivity index (χ0) is 28.2. The molecule has 40 heavy (non-hydrogen) atoms. The van der Waals surface area contributed by atoms with Crippen molar-refractivity contribution in [2.24, 2.45) is 5.73 Å². The normalized spacial score (nSPS) is 11.8. The molecule has 1 aromatic heterocycles. The summed E-state index contributed by atoms with van der Waals surface area (Å²) in [5.41, 5.74) is 7.56. The molecule has 1 unspecified atom stereocenters. The lowest BCUT2D eigenvalue weighted by Gasteiger charge is -2.21. The molecular formula is C32H24F3N3O2. The second-order valence-corrected chi connectivity index (χ2v) is 9.40. The first-order valence-corrected chi connectivity index (χ1v) is 12.5. The number of amides is 2. The average molecular weight is 540 g/mol. The number of pyridine rings is 1. The topological polar surface area (TPSA) is 85.1 Å². The zero-order valence-electron chi connectivity index (χ0n) is 21.2. The van der Waals surface area contributed by atoms with Crippen molar-refractivity contribution in [3.05, 3.63) is 137 Å². The molecule has 0 saturated heterocycles. The number of fused-ring (bicyclic) bond motifs is 1. The monoisotopic (exact) mass is 539 g/mol.